The normalized spacial score (nSPS) is 14.9. The van der Waals surface area contributed by atoms with E-state index >= 15 is 0 Å². The van der Waals surface area contributed by atoms with E-state index in [1.54, 1.807) is 0 Å². The molecule has 176 valence electrons. The van der Waals surface area contributed by atoms with E-state index in [1.807, 2.05) is 24.6 Å². The van der Waals surface area contributed by atoms with Crippen molar-refractivity contribution >= 4 is 11.6 Å². The van der Waals surface area contributed by atoms with Crippen molar-refractivity contribution in [2.75, 3.05) is 44.8 Å². The van der Waals surface area contributed by atoms with Crippen LogP contribution in [0.2, 0.25) is 0 Å². The predicted molar refractivity (Wildman–Crippen MR) is 130 cm³/mol. The molecular weight excluding hydrogens is 402 g/mol. The van der Waals surface area contributed by atoms with Crippen molar-refractivity contribution in [2.24, 2.45) is 17.5 Å². The van der Waals surface area contributed by atoms with E-state index in [4.69, 9.17) is 9.73 Å². The lowest BCUT2D eigenvalue weighted by molar-refractivity contribution is 0.128. The number of benzene rings is 1. The lowest BCUT2D eigenvalue weighted by atomic mass is 10.0. The van der Waals surface area contributed by atoms with Gasteiger partial charge in [0, 0.05) is 52.6 Å². The average molecular weight is 442 g/mol. The van der Waals surface area contributed by atoms with Crippen molar-refractivity contribution < 1.29 is 4.74 Å². The maximum absolute atomic E-state index is 5.58. The molecule has 8 nitrogen and oxygen atoms in total. The van der Waals surface area contributed by atoms with E-state index in [1.165, 1.54) is 18.5 Å². The van der Waals surface area contributed by atoms with E-state index in [0.717, 1.165) is 63.3 Å². The first kappa shape index (κ1) is 24.0. The zero-order valence-electron chi connectivity index (χ0n) is 20.1. The number of aromatic nitrogens is 3. The fraction of sp³-hybridized carbons (Fsp3) is 0.625. The van der Waals surface area contributed by atoms with Crippen LogP contribution in [0.1, 0.15) is 44.3 Å². The quantitative estimate of drug-likeness (QED) is 0.283. The molecule has 1 fully saturated rings. The van der Waals surface area contributed by atoms with Gasteiger partial charge in [0.15, 0.2) is 11.8 Å². The van der Waals surface area contributed by atoms with Crippen LogP contribution in [0.15, 0.2) is 35.3 Å². The Hall–Kier alpha value is -2.61. The van der Waals surface area contributed by atoms with Crippen molar-refractivity contribution in [1.82, 2.24) is 25.4 Å². The van der Waals surface area contributed by atoms with Crippen LogP contribution in [-0.2, 0) is 18.3 Å². The molecule has 0 radical (unpaired) electrons. The molecule has 0 amide bonds. The molecule has 1 heterocycles. The van der Waals surface area contributed by atoms with Crippen LogP contribution >= 0.6 is 0 Å². The van der Waals surface area contributed by atoms with Crippen LogP contribution in [0.4, 0.5) is 5.69 Å². The second kappa shape index (κ2) is 11.9. The Morgan fingerprint density at radius 3 is 2.66 bits per heavy atom. The first-order valence-electron chi connectivity index (χ1n) is 11.7. The van der Waals surface area contributed by atoms with Gasteiger partial charge in [0.1, 0.15) is 12.4 Å². The molecule has 0 spiro atoms. The molecule has 0 atom stereocenters. The largest absolute Gasteiger partial charge is 0.382 e. The fourth-order valence-electron chi connectivity index (χ4n) is 3.64. The Kier molecular flexibility index (Phi) is 8.90. The Morgan fingerprint density at radius 1 is 1.22 bits per heavy atom. The van der Waals surface area contributed by atoms with E-state index in [0.29, 0.717) is 12.0 Å². The predicted octanol–water partition coefficient (Wildman–Crippen LogP) is 2.89. The van der Waals surface area contributed by atoms with Crippen molar-refractivity contribution in [3.05, 3.63) is 42.0 Å². The molecule has 1 aliphatic rings. The topological polar surface area (TPSA) is 79.6 Å². The molecule has 3 rings (SSSR count). The standard InChI is InChI=1S/C24H39N7O/c1-5-32-17-14-24(12-13-24)19-27-23(26-18-22-29-28-20(2)31(22)4)25-15-9-16-30(3)21-10-7-6-8-11-21/h6-8,10-11H,5,9,12-19H2,1-4H3,(H2,25,26,27). The van der Waals surface area contributed by atoms with Crippen molar-refractivity contribution in [2.45, 2.75) is 46.1 Å². The molecule has 1 aromatic carbocycles. The van der Waals surface area contributed by atoms with E-state index in [9.17, 15) is 0 Å². The highest BCUT2D eigenvalue weighted by Crippen LogP contribution is 2.48. The van der Waals surface area contributed by atoms with E-state index in [2.05, 4.69) is 64.0 Å². The number of hydrogen-bond donors (Lipinski definition) is 2. The van der Waals surface area contributed by atoms with Crippen LogP contribution in [0.25, 0.3) is 0 Å². The van der Waals surface area contributed by atoms with Gasteiger partial charge in [0.2, 0.25) is 0 Å². The number of nitrogens with one attached hydrogen (secondary N) is 2. The number of aryl methyl sites for hydroxylation is 1. The molecule has 1 aromatic heterocycles. The van der Waals surface area contributed by atoms with Gasteiger partial charge >= 0.3 is 0 Å². The third-order valence-electron chi connectivity index (χ3n) is 6.29. The summed E-state index contributed by atoms with van der Waals surface area (Å²) in [6.45, 7) is 8.88. The van der Waals surface area contributed by atoms with Crippen LogP contribution in [0.5, 0.6) is 0 Å². The maximum Gasteiger partial charge on any atom is 0.191 e. The highest BCUT2D eigenvalue weighted by molar-refractivity contribution is 5.79. The second-order valence-electron chi connectivity index (χ2n) is 8.73. The number of hydrogen-bond acceptors (Lipinski definition) is 5. The Morgan fingerprint density at radius 2 is 2.00 bits per heavy atom. The third-order valence-corrected chi connectivity index (χ3v) is 6.29. The van der Waals surface area contributed by atoms with Gasteiger partial charge in [-0.2, -0.15) is 0 Å². The Labute approximate surface area is 192 Å². The van der Waals surface area contributed by atoms with Gasteiger partial charge in [-0.15, -0.1) is 10.2 Å². The second-order valence-corrected chi connectivity index (χ2v) is 8.73. The molecule has 0 saturated heterocycles. The highest BCUT2D eigenvalue weighted by atomic mass is 16.5. The van der Waals surface area contributed by atoms with Gasteiger partial charge in [-0.1, -0.05) is 18.2 Å². The third kappa shape index (κ3) is 7.22. The number of anilines is 1. The molecule has 1 aliphatic carbocycles. The molecule has 8 heteroatoms. The first-order chi connectivity index (χ1) is 15.5. The molecule has 2 N–H and O–H groups in total. The van der Waals surface area contributed by atoms with E-state index < -0.39 is 0 Å². The van der Waals surface area contributed by atoms with Crippen LogP contribution in [0, 0.1) is 12.3 Å². The number of aliphatic imine (C=N–C) groups is 1. The minimum atomic E-state index is 0.354. The number of guanidine groups is 1. The van der Waals surface area contributed by atoms with Crippen molar-refractivity contribution in [3.8, 4) is 0 Å². The molecule has 0 aliphatic heterocycles. The van der Waals surface area contributed by atoms with Crippen LogP contribution < -0.4 is 15.5 Å². The molecule has 2 aromatic rings. The van der Waals surface area contributed by atoms with Gasteiger partial charge in [0.25, 0.3) is 0 Å². The van der Waals surface area contributed by atoms with Crippen molar-refractivity contribution in [3.63, 3.8) is 0 Å². The van der Waals surface area contributed by atoms with Gasteiger partial charge in [-0.25, -0.2) is 4.99 Å². The molecule has 0 unspecified atom stereocenters. The van der Waals surface area contributed by atoms with Gasteiger partial charge < -0.3 is 24.8 Å². The zero-order valence-corrected chi connectivity index (χ0v) is 20.1. The highest BCUT2D eigenvalue weighted by Gasteiger charge is 2.41. The fourth-order valence-corrected chi connectivity index (χ4v) is 3.64. The minimum Gasteiger partial charge on any atom is -0.382 e. The Bertz CT molecular complexity index is 845. The minimum absolute atomic E-state index is 0.354. The number of nitrogens with zero attached hydrogens (tertiary/aromatic N) is 5. The molecule has 0 bridgehead atoms. The summed E-state index contributed by atoms with van der Waals surface area (Å²) in [5.41, 5.74) is 1.59. The van der Waals surface area contributed by atoms with E-state index in [-0.39, 0.29) is 0 Å². The van der Waals surface area contributed by atoms with Gasteiger partial charge in [-0.3, -0.25) is 0 Å². The molecular formula is C24H39N7O. The van der Waals surface area contributed by atoms with Gasteiger partial charge in [-0.05, 0) is 57.1 Å². The summed E-state index contributed by atoms with van der Waals surface area (Å²) in [5.74, 6) is 2.61. The maximum atomic E-state index is 5.58. The molecule has 1 saturated carbocycles. The van der Waals surface area contributed by atoms with Crippen LogP contribution in [0.3, 0.4) is 0 Å². The number of ether oxygens (including phenoxy) is 1. The summed E-state index contributed by atoms with van der Waals surface area (Å²) in [6.07, 6.45) is 4.63. The summed E-state index contributed by atoms with van der Waals surface area (Å²) in [6, 6.07) is 10.5. The number of para-hydroxylation sites is 1. The van der Waals surface area contributed by atoms with Gasteiger partial charge in [0.05, 0.1) is 0 Å². The monoisotopic (exact) mass is 441 g/mol. The summed E-state index contributed by atoms with van der Waals surface area (Å²) in [4.78, 5) is 7.08. The average Bonchev–Trinajstić information content (AvgIpc) is 3.52. The summed E-state index contributed by atoms with van der Waals surface area (Å²) >= 11 is 0. The summed E-state index contributed by atoms with van der Waals surface area (Å²) < 4.78 is 7.57. The summed E-state index contributed by atoms with van der Waals surface area (Å²) in [7, 11) is 4.11. The van der Waals surface area contributed by atoms with Crippen LogP contribution in [-0.4, -0.2) is 60.6 Å². The zero-order chi connectivity index (χ0) is 22.8. The smallest absolute Gasteiger partial charge is 0.191 e. The lowest BCUT2D eigenvalue weighted by Crippen LogP contribution is -2.41. The summed E-state index contributed by atoms with van der Waals surface area (Å²) in [5, 5.41) is 15.5. The van der Waals surface area contributed by atoms with Crippen molar-refractivity contribution in [1.29, 1.82) is 0 Å². The SMILES string of the molecule is CCOCCC1(CNC(=NCc2nnc(C)n2C)NCCCN(C)c2ccccc2)CC1. The first-order valence-corrected chi connectivity index (χ1v) is 11.7. The Balaban J connectivity index is 1.51. The number of rotatable bonds is 13. The molecule has 32 heavy (non-hydrogen) atoms. The lowest BCUT2D eigenvalue weighted by Gasteiger charge is -2.21.